The zero-order valence-corrected chi connectivity index (χ0v) is 14.8. The molecule has 5 heteroatoms. The Labute approximate surface area is 132 Å². The van der Waals surface area contributed by atoms with Crippen molar-refractivity contribution >= 4 is 16.5 Å². The lowest BCUT2D eigenvalue weighted by Crippen LogP contribution is -2.48. The second-order valence-electron chi connectivity index (χ2n) is 6.68. The first-order valence-electron chi connectivity index (χ1n) is 8.02. The summed E-state index contributed by atoms with van der Waals surface area (Å²) in [5, 5.41) is 4.68. The molecule has 21 heavy (non-hydrogen) atoms. The van der Waals surface area contributed by atoms with Crippen molar-refractivity contribution < 1.29 is 4.74 Å². The average molecular weight is 311 g/mol. The third-order valence-electron chi connectivity index (χ3n) is 3.62. The van der Waals surface area contributed by atoms with Crippen LogP contribution in [-0.2, 0) is 17.7 Å². The maximum Gasteiger partial charge on any atom is 0.186 e. The highest BCUT2D eigenvalue weighted by Gasteiger charge is 2.29. The van der Waals surface area contributed by atoms with Gasteiger partial charge >= 0.3 is 0 Å². The fraction of sp³-hybridized carbons (Fsp3) is 0.812. The van der Waals surface area contributed by atoms with Gasteiger partial charge in [-0.15, -0.1) is 11.3 Å². The summed E-state index contributed by atoms with van der Waals surface area (Å²) in [4.78, 5) is 8.69. The lowest BCUT2D eigenvalue weighted by atomic mass is 10.1. The molecule has 1 fully saturated rings. The molecule has 0 amide bonds. The van der Waals surface area contributed by atoms with Crippen molar-refractivity contribution in [2.24, 2.45) is 0 Å². The van der Waals surface area contributed by atoms with Gasteiger partial charge in [0, 0.05) is 30.6 Å². The van der Waals surface area contributed by atoms with Crippen LogP contribution in [0.15, 0.2) is 0 Å². The van der Waals surface area contributed by atoms with Gasteiger partial charge in [0.1, 0.15) is 0 Å². The van der Waals surface area contributed by atoms with Gasteiger partial charge in [0.05, 0.1) is 17.9 Å². The highest BCUT2D eigenvalue weighted by Crippen LogP contribution is 2.30. The quantitative estimate of drug-likeness (QED) is 0.875. The van der Waals surface area contributed by atoms with Crippen LogP contribution in [0.2, 0.25) is 0 Å². The predicted octanol–water partition coefficient (Wildman–Crippen LogP) is 3.21. The first kappa shape index (κ1) is 16.7. The third kappa shape index (κ3) is 4.66. The predicted molar refractivity (Wildman–Crippen MR) is 90.3 cm³/mol. The monoisotopic (exact) mass is 311 g/mol. The van der Waals surface area contributed by atoms with Crippen LogP contribution in [0.5, 0.6) is 0 Å². The highest BCUT2D eigenvalue weighted by molar-refractivity contribution is 7.15. The van der Waals surface area contributed by atoms with Crippen molar-refractivity contribution in [1.82, 2.24) is 10.3 Å². The number of ether oxygens (including phenoxy) is 1. The fourth-order valence-corrected chi connectivity index (χ4v) is 3.63. The number of hydrogen-bond acceptors (Lipinski definition) is 5. The number of thiazole rings is 1. The summed E-state index contributed by atoms with van der Waals surface area (Å²) in [5.41, 5.74) is 1.19. The SMILES string of the molecule is CCCc1nc(N2CCOC(C)(C)C2)sc1CNC(C)C. The van der Waals surface area contributed by atoms with Gasteiger partial charge in [-0.05, 0) is 20.3 Å². The minimum atomic E-state index is -0.0782. The second-order valence-corrected chi connectivity index (χ2v) is 7.74. The van der Waals surface area contributed by atoms with Crippen molar-refractivity contribution in [3.8, 4) is 0 Å². The molecule has 120 valence electrons. The molecule has 4 nitrogen and oxygen atoms in total. The Morgan fingerprint density at radius 3 is 2.81 bits per heavy atom. The maximum atomic E-state index is 5.80. The van der Waals surface area contributed by atoms with Gasteiger partial charge in [0.25, 0.3) is 0 Å². The molecule has 1 aromatic rings. The number of rotatable bonds is 6. The Bertz CT molecular complexity index is 456. The van der Waals surface area contributed by atoms with Crippen molar-refractivity contribution in [2.45, 2.75) is 65.6 Å². The topological polar surface area (TPSA) is 37.4 Å². The number of hydrogen-bond donors (Lipinski definition) is 1. The fourth-order valence-electron chi connectivity index (χ4n) is 2.55. The Balaban J connectivity index is 2.14. The molecular weight excluding hydrogens is 282 g/mol. The van der Waals surface area contributed by atoms with Gasteiger partial charge in [-0.25, -0.2) is 4.98 Å². The van der Waals surface area contributed by atoms with E-state index >= 15 is 0 Å². The van der Waals surface area contributed by atoms with E-state index in [0.717, 1.165) is 44.2 Å². The standard InChI is InChI=1S/C16H29N3OS/c1-6-7-13-14(10-17-12(2)3)21-15(18-13)19-8-9-20-16(4,5)11-19/h12,17H,6-11H2,1-5H3. The first-order valence-corrected chi connectivity index (χ1v) is 8.84. The van der Waals surface area contributed by atoms with Gasteiger partial charge in [-0.2, -0.15) is 0 Å². The smallest absolute Gasteiger partial charge is 0.186 e. The molecule has 2 heterocycles. The summed E-state index contributed by atoms with van der Waals surface area (Å²) in [6.45, 7) is 14.5. The summed E-state index contributed by atoms with van der Waals surface area (Å²) in [6.07, 6.45) is 2.21. The summed E-state index contributed by atoms with van der Waals surface area (Å²) in [7, 11) is 0. The molecule has 0 radical (unpaired) electrons. The van der Waals surface area contributed by atoms with Gasteiger partial charge in [0.2, 0.25) is 0 Å². The number of morpholine rings is 1. The number of anilines is 1. The van der Waals surface area contributed by atoms with E-state index in [-0.39, 0.29) is 5.60 Å². The van der Waals surface area contributed by atoms with Crippen LogP contribution in [0.3, 0.4) is 0 Å². The van der Waals surface area contributed by atoms with E-state index in [2.05, 4.69) is 44.8 Å². The van der Waals surface area contributed by atoms with Crippen LogP contribution in [0, 0.1) is 0 Å². The largest absolute Gasteiger partial charge is 0.372 e. The van der Waals surface area contributed by atoms with Crippen LogP contribution in [0.4, 0.5) is 5.13 Å². The van der Waals surface area contributed by atoms with E-state index in [0.29, 0.717) is 6.04 Å². The van der Waals surface area contributed by atoms with E-state index in [1.807, 2.05) is 11.3 Å². The third-order valence-corrected chi connectivity index (χ3v) is 4.78. The van der Waals surface area contributed by atoms with Crippen molar-refractivity contribution in [2.75, 3.05) is 24.6 Å². The molecule has 0 atom stereocenters. The maximum absolute atomic E-state index is 5.80. The summed E-state index contributed by atoms with van der Waals surface area (Å²) in [5.74, 6) is 0. The lowest BCUT2D eigenvalue weighted by molar-refractivity contribution is -0.0277. The van der Waals surface area contributed by atoms with E-state index < -0.39 is 0 Å². The van der Waals surface area contributed by atoms with Crippen LogP contribution < -0.4 is 10.2 Å². The molecule has 1 N–H and O–H groups in total. The molecule has 0 spiro atoms. The second kappa shape index (κ2) is 7.07. The van der Waals surface area contributed by atoms with E-state index in [1.165, 1.54) is 10.6 Å². The van der Waals surface area contributed by atoms with E-state index in [9.17, 15) is 0 Å². The zero-order valence-electron chi connectivity index (χ0n) is 14.0. The molecule has 1 aromatic heterocycles. The lowest BCUT2D eigenvalue weighted by Gasteiger charge is -2.38. The number of nitrogens with zero attached hydrogens (tertiary/aromatic N) is 2. The van der Waals surface area contributed by atoms with E-state index in [4.69, 9.17) is 9.72 Å². The molecule has 0 aliphatic carbocycles. The summed E-state index contributed by atoms with van der Waals surface area (Å²) >= 11 is 1.85. The molecule has 2 rings (SSSR count). The van der Waals surface area contributed by atoms with Crippen LogP contribution >= 0.6 is 11.3 Å². The van der Waals surface area contributed by atoms with Gasteiger partial charge in [-0.3, -0.25) is 0 Å². The average Bonchev–Trinajstić information content (AvgIpc) is 2.79. The molecule has 1 saturated heterocycles. The van der Waals surface area contributed by atoms with Gasteiger partial charge in [-0.1, -0.05) is 27.2 Å². The first-order chi connectivity index (χ1) is 9.91. The normalized spacial score (nSPS) is 18.5. The van der Waals surface area contributed by atoms with Crippen molar-refractivity contribution in [1.29, 1.82) is 0 Å². The Hall–Kier alpha value is -0.650. The molecular formula is C16H29N3OS. The summed E-state index contributed by atoms with van der Waals surface area (Å²) in [6, 6.07) is 0.507. The van der Waals surface area contributed by atoms with Gasteiger partial charge in [0.15, 0.2) is 5.13 Å². The Morgan fingerprint density at radius 2 is 2.19 bits per heavy atom. The van der Waals surface area contributed by atoms with Crippen LogP contribution in [0.1, 0.15) is 51.6 Å². The van der Waals surface area contributed by atoms with Gasteiger partial charge < -0.3 is 15.0 Å². The molecule has 0 saturated carbocycles. The van der Waals surface area contributed by atoms with Crippen molar-refractivity contribution in [3.63, 3.8) is 0 Å². The number of nitrogens with one attached hydrogen (secondary N) is 1. The minimum Gasteiger partial charge on any atom is -0.372 e. The number of aromatic nitrogens is 1. The zero-order chi connectivity index (χ0) is 15.5. The number of aryl methyl sites for hydroxylation is 1. The molecule has 1 aliphatic rings. The van der Waals surface area contributed by atoms with E-state index in [1.54, 1.807) is 0 Å². The summed E-state index contributed by atoms with van der Waals surface area (Å²) < 4.78 is 5.80. The molecule has 0 unspecified atom stereocenters. The molecule has 0 aromatic carbocycles. The molecule has 1 aliphatic heterocycles. The Morgan fingerprint density at radius 1 is 1.43 bits per heavy atom. The van der Waals surface area contributed by atoms with Crippen molar-refractivity contribution in [3.05, 3.63) is 10.6 Å². The highest BCUT2D eigenvalue weighted by atomic mass is 32.1. The van der Waals surface area contributed by atoms with Crippen LogP contribution in [-0.4, -0.2) is 36.3 Å². The minimum absolute atomic E-state index is 0.0782. The van der Waals surface area contributed by atoms with Crippen LogP contribution in [0.25, 0.3) is 0 Å². The Kier molecular flexibility index (Phi) is 5.63. The molecule has 0 bridgehead atoms.